The number of allylic oxidation sites excluding steroid dienone is 2. The van der Waals surface area contributed by atoms with Gasteiger partial charge in [-0.1, -0.05) is 31.8 Å². The monoisotopic (exact) mass is 342 g/mol. The maximum Gasteiger partial charge on any atom is 0.417 e. The molecule has 1 aromatic carbocycles. The fourth-order valence-electron chi connectivity index (χ4n) is 3.20. The van der Waals surface area contributed by atoms with Crippen molar-refractivity contribution in [2.75, 3.05) is 14.2 Å². The molecule has 0 radical (unpaired) electrons. The van der Waals surface area contributed by atoms with E-state index in [2.05, 4.69) is 0 Å². The highest BCUT2D eigenvalue weighted by atomic mass is 19.4. The first-order chi connectivity index (χ1) is 11.5. The van der Waals surface area contributed by atoms with Crippen LogP contribution in [0.1, 0.15) is 62.5 Å². The molecule has 0 bridgehead atoms. The summed E-state index contributed by atoms with van der Waals surface area (Å²) in [6.07, 6.45) is 5.43. The fraction of sp³-hybridized carbons (Fsp3) is 0.579. The van der Waals surface area contributed by atoms with Crippen LogP contribution in [0.5, 0.6) is 11.5 Å². The Labute approximate surface area is 141 Å². The molecule has 0 unspecified atom stereocenters. The molecule has 0 saturated heterocycles. The third-order valence-electron chi connectivity index (χ3n) is 4.45. The number of alkyl halides is 3. The number of benzene rings is 1. The van der Waals surface area contributed by atoms with Crippen LogP contribution in [0.25, 0.3) is 5.57 Å². The van der Waals surface area contributed by atoms with E-state index in [4.69, 9.17) is 9.47 Å². The van der Waals surface area contributed by atoms with Crippen LogP contribution in [0.3, 0.4) is 0 Å². The van der Waals surface area contributed by atoms with Crippen LogP contribution in [-0.2, 0) is 6.18 Å². The number of rotatable bonds is 3. The van der Waals surface area contributed by atoms with Gasteiger partial charge in [-0.3, -0.25) is 0 Å². The van der Waals surface area contributed by atoms with Gasteiger partial charge in [0.1, 0.15) is 11.5 Å². The molecule has 134 valence electrons. The van der Waals surface area contributed by atoms with Gasteiger partial charge in [0.05, 0.1) is 19.8 Å². The molecule has 5 heteroatoms. The van der Waals surface area contributed by atoms with Gasteiger partial charge < -0.3 is 9.47 Å². The van der Waals surface area contributed by atoms with Gasteiger partial charge >= 0.3 is 6.18 Å². The number of hydrogen-bond acceptors (Lipinski definition) is 2. The molecule has 0 spiro atoms. The van der Waals surface area contributed by atoms with E-state index in [0.29, 0.717) is 6.42 Å². The summed E-state index contributed by atoms with van der Waals surface area (Å²) in [5, 5.41) is 0. The summed E-state index contributed by atoms with van der Waals surface area (Å²) in [6.45, 7) is 0. The van der Waals surface area contributed by atoms with Crippen LogP contribution in [0.2, 0.25) is 0 Å². The summed E-state index contributed by atoms with van der Waals surface area (Å²) in [7, 11) is 2.76. The highest BCUT2D eigenvalue weighted by Gasteiger charge is 2.36. The van der Waals surface area contributed by atoms with Crippen LogP contribution < -0.4 is 9.47 Å². The van der Waals surface area contributed by atoms with E-state index in [0.717, 1.165) is 50.2 Å². The van der Waals surface area contributed by atoms with Crippen molar-refractivity contribution in [2.45, 2.75) is 57.5 Å². The van der Waals surface area contributed by atoms with Gasteiger partial charge in [0, 0.05) is 11.6 Å². The standard InChI is InChI=1S/C19H25F3O2/c1-23-15-12-16(19(20,21)22)18(17(13-15)24-2)14-10-8-6-4-3-5-7-9-11-14/h10,12-13H,3-9,11H2,1-2H3/b14-10+. The van der Waals surface area contributed by atoms with E-state index < -0.39 is 11.7 Å². The van der Waals surface area contributed by atoms with Crippen molar-refractivity contribution in [1.82, 2.24) is 0 Å². The molecule has 1 aliphatic rings. The van der Waals surface area contributed by atoms with Crippen LogP contribution in [-0.4, -0.2) is 14.2 Å². The topological polar surface area (TPSA) is 18.5 Å². The minimum Gasteiger partial charge on any atom is -0.497 e. The molecule has 2 nitrogen and oxygen atoms in total. The van der Waals surface area contributed by atoms with Crippen LogP contribution in [0, 0.1) is 0 Å². The molecule has 0 aliphatic heterocycles. The Morgan fingerprint density at radius 3 is 2.17 bits per heavy atom. The van der Waals surface area contributed by atoms with E-state index >= 15 is 0 Å². The Hall–Kier alpha value is -1.65. The minimum atomic E-state index is -4.45. The van der Waals surface area contributed by atoms with E-state index in [1.165, 1.54) is 26.7 Å². The van der Waals surface area contributed by atoms with E-state index in [9.17, 15) is 13.2 Å². The Morgan fingerprint density at radius 1 is 0.875 bits per heavy atom. The van der Waals surface area contributed by atoms with Crippen molar-refractivity contribution < 1.29 is 22.6 Å². The molecule has 24 heavy (non-hydrogen) atoms. The van der Waals surface area contributed by atoms with Crippen LogP contribution >= 0.6 is 0 Å². The zero-order valence-corrected chi connectivity index (χ0v) is 14.3. The molecular formula is C19H25F3O2. The Balaban J connectivity index is 2.53. The first kappa shape index (κ1) is 18.7. The maximum atomic E-state index is 13.6. The van der Waals surface area contributed by atoms with E-state index in [1.807, 2.05) is 6.08 Å². The van der Waals surface area contributed by atoms with E-state index in [1.54, 1.807) is 0 Å². The van der Waals surface area contributed by atoms with Crippen LogP contribution in [0.15, 0.2) is 18.2 Å². The number of ether oxygens (including phenoxy) is 2. The lowest BCUT2D eigenvalue weighted by atomic mass is 9.91. The molecule has 0 amide bonds. The normalized spacial score (nSPS) is 19.3. The van der Waals surface area contributed by atoms with Crippen molar-refractivity contribution in [3.05, 3.63) is 29.3 Å². The first-order valence-electron chi connectivity index (χ1n) is 8.50. The quantitative estimate of drug-likeness (QED) is 0.647. The molecule has 1 aromatic rings. The second kappa shape index (κ2) is 8.45. The second-order valence-corrected chi connectivity index (χ2v) is 6.14. The average Bonchev–Trinajstić information content (AvgIpc) is 2.57. The van der Waals surface area contributed by atoms with Crippen molar-refractivity contribution in [1.29, 1.82) is 0 Å². The zero-order chi connectivity index (χ0) is 17.6. The molecule has 2 rings (SSSR count). The van der Waals surface area contributed by atoms with Crippen molar-refractivity contribution in [2.24, 2.45) is 0 Å². The highest BCUT2D eigenvalue weighted by Crippen LogP contribution is 2.44. The number of hydrogen-bond donors (Lipinski definition) is 0. The summed E-state index contributed by atoms with van der Waals surface area (Å²) in [5.74, 6) is 0.383. The van der Waals surface area contributed by atoms with Gasteiger partial charge in [0.15, 0.2) is 0 Å². The fourth-order valence-corrected chi connectivity index (χ4v) is 3.20. The van der Waals surface area contributed by atoms with Gasteiger partial charge in [-0.25, -0.2) is 0 Å². The summed E-state index contributed by atoms with van der Waals surface area (Å²) < 4.78 is 51.2. The van der Waals surface area contributed by atoms with Crippen molar-refractivity contribution in [3.8, 4) is 11.5 Å². The molecule has 0 atom stereocenters. The van der Waals surface area contributed by atoms with Gasteiger partial charge in [-0.15, -0.1) is 0 Å². The first-order valence-corrected chi connectivity index (χ1v) is 8.50. The summed E-state index contributed by atoms with van der Waals surface area (Å²) >= 11 is 0. The zero-order valence-electron chi connectivity index (χ0n) is 14.3. The lowest BCUT2D eigenvalue weighted by Gasteiger charge is -2.21. The van der Waals surface area contributed by atoms with Crippen molar-refractivity contribution in [3.63, 3.8) is 0 Å². The van der Waals surface area contributed by atoms with Crippen molar-refractivity contribution >= 4 is 5.57 Å². The largest absolute Gasteiger partial charge is 0.497 e. The Morgan fingerprint density at radius 2 is 1.54 bits per heavy atom. The third-order valence-corrected chi connectivity index (χ3v) is 4.45. The molecule has 0 saturated carbocycles. The molecule has 0 heterocycles. The smallest absolute Gasteiger partial charge is 0.417 e. The third kappa shape index (κ3) is 4.68. The number of halogens is 3. The summed E-state index contributed by atoms with van der Waals surface area (Å²) in [6, 6.07) is 2.60. The summed E-state index contributed by atoms with van der Waals surface area (Å²) in [5.41, 5.74) is 0.233. The summed E-state index contributed by atoms with van der Waals surface area (Å²) in [4.78, 5) is 0. The molecule has 1 aliphatic carbocycles. The molecular weight excluding hydrogens is 317 g/mol. The molecule has 0 fully saturated rings. The van der Waals surface area contributed by atoms with Gasteiger partial charge in [0.25, 0.3) is 0 Å². The Bertz CT molecular complexity index is 577. The molecule has 0 aromatic heterocycles. The average molecular weight is 342 g/mol. The predicted octanol–water partition coefficient (Wildman–Crippen LogP) is 6.24. The highest BCUT2D eigenvalue weighted by molar-refractivity contribution is 5.75. The minimum absolute atomic E-state index is 0.156. The second-order valence-electron chi connectivity index (χ2n) is 6.14. The lowest BCUT2D eigenvalue weighted by Crippen LogP contribution is -2.11. The Kier molecular flexibility index (Phi) is 6.58. The number of methoxy groups -OCH3 is 2. The van der Waals surface area contributed by atoms with Gasteiger partial charge in [-0.05, 0) is 37.3 Å². The van der Waals surface area contributed by atoms with Crippen LogP contribution in [0.4, 0.5) is 13.2 Å². The maximum absolute atomic E-state index is 13.6. The SMILES string of the molecule is COc1cc(OC)c(/C2=C/CCCCCCCC2)c(C(F)(F)F)c1. The van der Waals surface area contributed by atoms with E-state index in [-0.39, 0.29) is 17.1 Å². The predicted molar refractivity (Wildman–Crippen MR) is 89.5 cm³/mol. The van der Waals surface area contributed by atoms with Gasteiger partial charge in [-0.2, -0.15) is 13.2 Å². The molecule has 0 N–H and O–H groups in total. The lowest BCUT2D eigenvalue weighted by molar-refractivity contribution is -0.138. The van der Waals surface area contributed by atoms with Gasteiger partial charge in [0.2, 0.25) is 0 Å².